The average molecular weight is 498 g/mol. The van der Waals surface area contributed by atoms with Gasteiger partial charge < -0.3 is 13.9 Å². The molecule has 2 aromatic carbocycles. The topological polar surface area (TPSA) is 73.1 Å². The molecule has 0 aliphatic rings. The first kappa shape index (κ1) is 21.2. The molecular weight excluding hydrogens is 483 g/mol. The number of nitrogens with one attached hydrogen (secondary N) is 1. The molecule has 0 saturated carbocycles. The van der Waals surface area contributed by atoms with E-state index in [0.717, 1.165) is 5.56 Å². The van der Waals surface area contributed by atoms with Gasteiger partial charge in [-0.05, 0) is 57.9 Å². The molecule has 0 atom stereocenters. The molecule has 6 nitrogen and oxygen atoms in total. The third kappa shape index (κ3) is 5.53. The lowest BCUT2D eigenvalue weighted by Crippen LogP contribution is -2.16. The van der Waals surface area contributed by atoms with E-state index in [1.54, 1.807) is 36.4 Å². The molecule has 0 saturated heterocycles. The van der Waals surface area contributed by atoms with Gasteiger partial charge in [0.1, 0.15) is 6.61 Å². The molecule has 9 heteroatoms. The number of amides is 1. The van der Waals surface area contributed by atoms with E-state index in [-0.39, 0.29) is 12.4 Å². The SMILES string of the molecule is COc1cc(/C=N\NC(=O)c2ccco2)c(Br)cc1OCc1ccc(Cl)c(Cl)c1. The molecule has 29 heavy (non-hydrogen) atoms. The molecular formula is C20H15BrCl2N2O4. The number of benzene rings is 2. The molecule has 1 aromatic heterocycles. The summed E-state index contributed by atoms with van der Waals surface area (Å²) >= 11 is 15.4. The van der Waals surface area contributed by atoms with Crippen LogP contribution in [0.5, 0.6) is 11.5 Å². The van der Waals surface area contributed by atoms with Gasteiger partial charge in [0.2, 0.25) is 0 Å². The summed E-state index contributed by atoms with van der Waals surface area (Å²) in [5.74, 6) is 0.759. The highest BCUT2D eigenvalue weighted by Crippen LogP contribution is 2.34. The van der Waals surface area contributed by atoms with E-state index in [1.165, 1.54) is 19.6 Å². The first-order valence-corrected chi connectivity index (χ1v) is 9.84. The molecule has 0 bridgehead atoms. The van der Waals surface area contributed by atoms with Crippen LogP contribution in [0.25, 0.3) is 0 Å². The molecule has 0 fully saturated rings. The second-order valence-corrected chi connectivity index (χ2v) is 7.41. The van der Waals surface area contributed by atoms with Gasteiger partial charge in [-0.25, -0.2) is 5.43 Å². The van der Waals surface area contributed by atoms with Crippen molar-refractivity contribution in [1.82, 2.24) is 5.43 Å². The quantitative estimate of drug-likeness (QED) is 0.335. The molecule has 1 N–H and O–H groups in total. The number of hydrogen-bond donors (Lipinski definition) is 1. The Morgan fingerprint density at radius 1 is 1.21 bits per heavy atom. The summed E-state index contributed by atoms with van der Waals surface area (Å²) in [4.78, 5) is 11.8. The zero-order chi connectivity index (χ0) is 20.8. The van der Waals surface area contributed by atoms with E-state index in [2.05, 4.69) is 26.5 Å². The molecule has 1 amide bonds. The lowest BCUT2D eigenvalue weighted by Gasteiger charge is -2.13. The molecule has 0 aliphatic heterocycles. The smallest absolute Gasteiger partial charge is 0.307 e. The Kier molecular flexibility index (Phi) is 7.19. The van der Waals surface area contributed by atoms with Gasteiger partial charge in [-0.15, -0.1) is 0 Å². The number of hydrazone groups is 1. The van der Waals surface area contributed by atoms with Crippen LogP contribution >= 0.6 is 39.1 Å². The number of methoxy groups -OCH3 is 1. The van der Waals surface area contributed by atoms with Crippen LogP contribution in [-0.2, 0) is 6.61 Å². The number of ether oxygens (including phenoxy) is 2. The zero-order valence-electron chi connectivity index (χ0n) is 15.1. The lowest BCUT2D eigenvalue weighted by atomic mass is 10.2. The summed E-state index contributed by atoms with van der Waals surface area (Å²) in [5, 5.41) is 4.88. The zero-order valence-corrected chi connectivity index (χ0v) is 18.2. The Hall–Kier alpha value is -2.48. The fourth-order valence-corrected chi connectivity index (χ4v) is 3.08. The highest BCUT2D eigenvalue weighted by atomic mass is 79.9. The summed E-state index contributed by atoms with van der Waals surface area (Å²) in [6.07, 6.45) is 2.90. The maximum Gasteiger partial charge on any atom is 0.307 e. The summed E-state index contributed by atoms with van der Waals surface area (Å²) in [6, 6.07) is 11.9. The van der Waals surface area contributed by atoms with Crippen LogP contribution < -0.4 is 14.9 Å². The van der Waals surface area contributed by atoms with Gasteiger partial charge in [-0.2, -0.15) is 5.10 Å². The van der Waals surface area contributed by atoms with Crippen LogP contribution in [-0.4, -0.2) is 19.2 Å². The summed E-state index contributed by atoms with van der Waals surface area (Å²) in [5.41, 5.74) is 3.94. The van der Waals surface area contributed by atoms with Crippen LogP contribution in [0.2, 0.25) is 10.0 Å². The van der Waals surface area contributed by atoms with Crippen molar-refractivity contribution >= 4 is 51.3 Å². The van der Waals surface area contributed by atoms with Crippen molar-refractivity contribution in [2.75, 3.05) is 7.11 Å². The lowest BCUT2D eigenvalue weighted by molar-refractivity contribution is 0.0927. The first-order valence-electron chi connectivity index (χ1n) is 8.29. The fourth-order valence-electron chi connectivity index (χ4n) is 2.34. The van der Waals surface area contributed by atoms with Crippen molar-refractivity contribution in [2.45, 2.75) is 6.61 Å². The third-order valence-corrected chi connectivity index (χ3v) is 5.20. The molecule has 3 aromatic rings. The van der Waals surface area contributed by atoms with Crippen LogP contribution in [0, 0.1) is 0 Å². The molecule has 3 rings (SSSR count). The van der Waals surface area contributed by atoms with E-state index >= 15 is 0 Å². The van der Waals surface area contributed by atoms with Crippen LogP contribution in [0.1, 0.15) is 21.7 Å². The maximum atomic E-state index is 11.8. The highest BCUT2D eigenvalue weighted by molar-refractivity contribution is 9.10. The predicted octanol–water partition coefficient (Wildman–Crippen LogP) is 5.70. The van der Waals surface area contributed by atoms with Crippen molar-refractivity contribution in [1.29, 1.82) is 0 Å². The summed E-state index contributed by atoms with van der Waals surface area (Å²) in [7, 11) is 1.54. The Balaban J connectivity index is 1.70. The number of halogens is 3. The van der Waals surface area contributed by atoms with Gasteiger partial charge in [-0.1, -0.05) is 29.3 Å². The van der Waals surface area contributed by atoms with Crippen molar-refractivity contribution in [2.24, 2.45) is 5.10 Å². The van der Waals surface area contributed by atoms with Gasteiger partial charge in [0, 0.05) is 10.0 Å². The van der Waals surface area contributed by atoms with E-state index in [0.29, 0.717) is 31.6 Å². The van der Waals surface area contributed by atoms with Crippen molar-refractivity contribution in [3.8, 4) is 11.5 Å². The molecule has 0 unspecified atom stereocenters. The molecule has 0 spiro atoms. The molecule has 1 heterocycles. The number of hydrogen-bond acceptors (Lipinski definition) is 5. The minimum absolute atomic E-state index is 0.171. The van der Waals surface area contributed by atoms with Crippen molar-refractivity contribution < 1.29 is 18.7 Å². The Bertz CT molecular complexity index is 1040. The Labute approximate surface area is 185 Å². The van der Waals surface area contributed by atoms with Gasteiger partial charge in [0.05, 0.1) is 29.6 Å². The second kappa shape index (κ2) is 9.82. The number of rotatable bonds is 7. The normalized spacial score (nSPS) is 10.9. The van der Waals surface area contributed by atoms with Gasteiger partial charge in [0.15, 0.2) is 17.3 Å². The van der Waals surface area contributed by atoms with E-state index in [4.69, 9.17) is 37.1 Å². The summed E-state index contributed by atoms with van der Waals surface area (Å²) < 4.78 is 17.0. The van der Waals surface area contributed by atoms with Crippen LogP contribution in [0.15, 0.2) is 62.7 Å². The van der Waals surface area contributed by atoms with Gasteiger partial charge in [-0.3, -0.25) is 4.79 Å². The number of carbonyl (C=O) groups is 1. The minimum atomic E-state index is -0.448. The Morgan fingerprint density at radius 3 is 2.72 bits per heavy atom. The van der Waals surface area contributed by atoms with E-state index in [1.807, 2.05) is 6.07 Å². The maximum absolute atomic E-state index is 11.8. The first-order chi connectivity index (χ1) is 14.0. The molecule has 150 valence electrons. The molecule has 0 radical (unpaired) electrons. The number of nitrogens with zero attached hydrogens (tertiary/aromatic N) is 1. The van der Waals surface area contributed by atoms with Crippen LogP contribution in [0.3, 0.4) is 0 Å². The van der Waals surface area contributed by atoms with Crippen molar-refractivity contribution in [3.05, 3.63) is 80.1 Å². The van der Waals surface area contributed by atoms with E-state index in [9.17, 15) is 4.79 Å². The minimum Gasteiger partial charge on any atom is -0.493 e. The largest absolute Gasteiger partial charge is 0.493 e. The van der Waals surface area contributed by atoms with Crippen molar-refractivity contribution in [3.63, 3.8) is 0 Å². The second-order valence-electron chi connectivity index (χ2n) is 5.74. The number of carbonyl (C=O) groups excluding carboxylic acids is 1. The van der Waals surface area contributed by atoms with Gasteiger partial charge in [0.25, 0.3) is 0 Å². The highest BCUT2D eigenvalue weighted by Gasteiger charge is 2.11. The average Bonchev–Trinajstić information content (AvgIpc) is 3.25. The predicted molar refractivity (Wildman–Crippen MR) is 115 cm³/mol. The standard InChI is InChI=1S/C20H15BrCl2N2O4/c1-27-18-8-13(10-24-25-20(26)17-3-2-6-28-17)14(21)9-19(18)29-11-12-4-5-15(22)16(23)7-12/h2-10H,11H2,1H3,(H,25,26)/b24-10-. The number of furan rings is 1. The summed E-state index contributed by atoms with van der Waals surface area (Å²) in [6.45, 7) is 0.284. The monoisotopic (exact) mass is 496 g/mol. The van der Waals surface area contributed by atoms with Gasteiger partial charge >= 0.3 is 5.91 Å². The fraction of sp³-hybridized carbons (Fsp3) is 0.100. The van der Waals surface area contributed by atoms with E-state index < -0.39 is 5.91 Å². The third-order valence-electron chi connectivity index (χ3n) is 3.78. The Morgan fingerprint density at radius 2 is 2.03 bits per heavy atom. The molecule has 0 aliphatic carbocycles. The van der Waals surface area contributed by atoms with Crippen LogP contribution in [0.4, 0.5) is 0 Å².